The standard InChI is InChI=1S/C17H29N3O.C2H2O4/c1-4-6-11-20(12-7-5-2)17-16(13-18-21-17)15-9-8-10-19(3)14-15;3-1(4)2(5)6/h9,13H,4-8,10-12,14H2,1-3H3;(H,3,4)(H,5,6). The number of unbranched alkanes of at least 4 members (excludes halogenated alkanes) is 2. The molecule has 0 spiro atoms. The van der Waals surface area contributed by atoms with Gasteiger partial charge in [-0.1, -0.05) is 37.9 Å². The second-order valence-corrected chi connectivity index (χ2v) is 6.60. The van der Waals surface area contributed by atoms with Gasteiger partial charge in [0.25, 0.3) is 0 Å². The quantitative estimate of drug-likeness (QED) is 0.662. The zero-order valence-electron chi connectivity index (χ0n) is 16.5. The van der Waals surface area contributed by atoms with Gasteiger partial charge in [-0.3, -0.25) is 0 Å². The van der Waals surface area contributed by atoms with Crippen LogP contribution in [0, 0.1) is 0 Å². The molecule has 152 valence electrons. The number of carboxylic acids is 2. The van der Waals surface area contributed by atoms with E-state index in [-0.39, 0.29) is 0 Å². The molecule has 2 rings (SSSR count). The summed E-state index contributed by atoms with van der Waals surface area (Å²) in [6, 6.07) is 0. The molecular weight excluding hydrogens is 350 g/mol. The van der Waals surface area contributed by atoms with Gasteiger partial charge in [-0.05, 0) is 31.9 Å². The molecule has 2 N–H and O–H groups in total. The molecule has 0 saturated carbocycles. The molecule has 0 bridgehead atoms. The lowest BCUT2D eigenvalue weighted by atomic mass is 10.0. The molecule has 0 aromatic carbocycles. The van der Waals surface area contributed by atoms with Crippen LogP contribution < -0.4 is 4.90 Å². The summed E-state index contributed by atoms with van der Waals surface area (Å²) in [5, 5.41) is 18.9. The van der Waals surface area contributed by atoms with Gasteiger partial charge in [-0.25, -0.2) is 9.59 Å². The Kier molecular flexibility index (Phi) is 10.2. The lowest BCUT2D eigenvalue weighted by molar-refractivity contribution is -0.159. The van der Waals surface area contributed by atoms with E-state index in [2.05, 4.69) is 41.9 Å². The molecule has 8 nitrogen and oxygen atoms in total. The Bertz CT molecular complexity index is 607. The normalized spacial score (nSPS) is 14.1. The maximum Gasteiger partial charge on any atom is 0.414 e. The maximum atomic E-state index is 9.10. The third-order valence-corrected chi connectivity index (χ3v) is 4.27. The molecule has 1 aliphatic rings. The van der Waals surface area contributed by atoms with Gasteiger partial charge in [0.15, 0.2) is 0 Å². The molecule has 0 saturated heterocycles. The summed E-state index contributed by atoms with van der Waals surface area (Å²) in [5.74, 6) is -2.68. The van der Waals surface area contributed by atoms with Crippen molar-refractivity contribution in [2.24, 2.45) is 0 Å². The monoisotopic (exact) mass is 381 g/mol. The molecular formula is C19H31N3O5. The number of carbonyl (C=O) groups is 2. The van der Waals surface area contributed by atoms with Crippen molar-refractivity contribution < 1.29 is 24.3 Å². The Morgan fingerprint density at radius 2 is 1.78 bits per heavy atom. The van der Waals surface area contributed by atoms with Gasteiger partial charge in [0.2, 0.25) is 5.88 Å². The summed E-state index contributed by atoms with van der Waals surface area (Å²) in [6.07, 6.45) is 10.2. The highest BCUT2D eigenvalue weighted by Gasteiger charge is 2.21. The minimum atomic E-state index is -1.82. The first-order valence-corrected chi connectivity index (χ1v) is 9.44. The topological polar surface area (TPSA) is 107 Å². The van der Waals surface area contributed by atoms with E-state index in [9.17, 15) is 0 Å². The van der Waals surface area contributed by atoms with Crippen molar-refractivity contribution in [1.82, 2.24) is 10.1 Å². The lowest BCUT2D eigenvalue weighted by Crippen LogP contribution is -2.28. The lowest BCUT2D eigenvalue weighted by Gasteiger charge is -2.26. The van der Waals surface area contributed by atoms with Crippen LogP contribution in [0.3, 0.4) is 0 Å². The summed E-state index contributed by atoms with van der Waals surface area (Å²) in [5.41, 5.74) is 2.55. The van der Waals surface area contributed by atoms with E-state index in [0.29, 0.717) is 0 Å². The second-order valence-electron chi connectivity index (χ2n) is 6.60. The molecule has 0 unspecified atom stereocenters. The predicted octanol–water partition coefficient (Wildman–Crippen LogP) is 2.96. The zero-order valence-corrected chi connectivity index (χ0v) is 16.5. The van der Waals surface area contributed by atoms with E-state index in [1.54, 1.807) is 0 Å². The van der Waals surface area contributed by atoms with E-state index < -0.39 is 11.9 Å². The predicted molar refractivity (Wildman–Crippen MR) is 104 cm³/mol. The van der Waals surface area contributed by atoms with Crippen LogP contribution in [0.2, 0.25) is 0 Å². The Labute approximate surface area is 160 Å². The number of anilines is 1. The van der Waals surface area contributed by atoms with E-state index in [4.69, 9.17) is 24.3 Å². The Balaban J connectivity index is 0.000000527. The third-order valence-electron chi connectivity index (χ3n) is 4.27. The zero-order chi connectivity index (χ0) is 20.2. The number of hydrogen-bond donors (Lipinski definition) is 2. The summed E-state index contributed by atoms with van der Waals surface area (Å²) < 4.78 is 5.63. The minimum Gasteiger partial charge on any atom is -0.473 e. The smallest absolute Gasteiger partial charge is 0.414 e. The summed E-state index contributed by atoms with van der Waals surface area (Å²) in [4.78, 5) is 22.9. The third kappa shape index (κ3) is 7.82. The van der Waals surface area contributed by atoms with E-state index in [1.807, 2.05) is 6.20 Å². The number of likely N-dealkylation sites (N-methyl/N-ethyl adjacent to an activating group) is 1. The molecule has 1 aromatic rings. The van der Waals surface area contributed by atoms with Crippen LogP contribution in [0.25, 0.3) is 5.57 Å². The fraction of sp³-hybridized carbons (Fsp3) is 0.632. The number of hydrogen-bond acceptors (Lipinski definition) is 6. The average Bonchev–Trinajstić information content (AvgIpc) is 3.12. The molecule has 0 aliphatic carbocycles. The fourth-order valence-corrected chi connectivity index (χ4v) is 2.78. The Hall–Kier alpha value is -2.35. The molecule has 0 fully saturated rings. The molecule has 27 heavy (non-hydrogen) atoms. The second kappa shape index (κ2) is 12.1. The van der Waals surface area contributed by atoms with Crippen molar-refractivity contribution in [2.75, 3.05) is 38.1 Å². The van der Waals surface area contributed by atoms with E-state index in [1.165, 1.54) is 36.8 Å². The number of aliphatic carboxylic acids is 2. The van der Waals surface area contributed by atoms with E-state index >= 15 is 0 Å². The highest BCUT2D eigenvalue weighted by molar-refractivity contribution is 6.27. The summed E-state index contributed by atoms with van der Waals surface area (Å²) in [7, 11) is 2.17. The molecule has 0 radical (unpaired) electrons. The van der Waals surface area contributed by atoms with Crippen LogP contribution in [-0.4, -0.2) is 65.4 Å². The molecule has 0 atom stereocenters. The minimum absolute atomic E-state index is 0.971. The molecule has 1 aliphatic heterocycles. The van der Waals surface area contributed by atoms with E-state index in [0.717, 1.165) is 38.5 Å². The average molecular weight is 381 g/mol. The largest absolute Gasteiger partial charge is 0.473 e. The van der Waals surface area contributed by atoms with Crippen LogP contribution in [0.1, 0.15) is 51.5 Å². The van der Waals surface area contributed by atoms with Gasteiger partial charge < -0.3 is 24.5 Å². The van der Waals surface area contributed by atoms with Crippen LogP contribution in [0.5, 0.6) is 0 Å². The molecule has 0 amide bonds. The van der Waals surface area contributed by atoms with Crippen molar-refractivity contribution in [3.63, 3.8) is 0 Å². The van der Waals surface area contributed by atoms with Crippen molar-refractivity contribution >= 4 is 23.4 Å². The number of aromatic nitrogens is 1. The maximum absolute atomic E-state index is 9.10. The first-order chi connectivity index (χ1) is 12.9. The molecule has 2 heterocycles. The highest BCUT2D eigenvalue weighted by Crippen LogP contribution is 2.30. The van der Waals surface area contributed by atoms with Gasteiger partial charge in [0.1, 0.15) is 0 Å². The number of rotatable bonds is 8. The first-order valence-electron chi connectivity index (χ1n) is 9.44. The SMILES string of the molecule is CCCCN(CCCC)c1oncc1C1=CCCN(C)C1.O=C(O)C(=O)O. The number of nitrogens with zero attached hydrogens (tertiary/aromatic N) is 3. The van der Waals surface area contributed by atoms with Gasteiger partial charge >= 0.3 is 11.9 Å². The molecule has 8 heteroatoms. The van der Waals surface area contributed by atoms with Gasteiger partial charge in [0.05, 0.1) is 11.8 Å². The summed E-state index contributed by atoms with van der Waals surface area (Å²) in [6.45, 7) is 8.71. The molecule has 1 aromatic heterocycles. The van der Waals surface area contributed by atoms with Crippen molar-refractivity contribution in [3.8, 4) is 0 Å². The van der Waals surface area contributed by atoms with Crippen LogP contribution in [0.4, 0.5) is 5.88 Å². The number of carboxylic acid groups (broad SMARTS) is 2. The van der Waals surface area contributed by atoms with Crippen molar-refractivity contribution in [1.29, 1.82) is 0 Å². The highest BCUT2D eigenvalue weighted by atomic mass is 16.5. The fourth-order valence-electron chi connectivity index (χ4n) is 2.78. The van der Waals surface area contributed by atoms with Gasteiger partial charge in [-0.2, -0.15) is 0 Å². The first kappa shape index (κ1) is 22.7. The van der Waals surface area contributed by atoms with Gasteiger partial charge in [-0.15, -0.1) is 0 Å². The van der Waals surface area contributed by atoms with Crippen LogP contribution in [0.15, 0.2) is 16.8 Å². The van der Waals surface area contributed by atoms with Crippen LogP contribution >= 0.6 is 0 Å². The van der Waals surface area contributed by atoms with Crippen LogP contribution in [-0.2, 0) is 9.59 Å². The Morgan fingerprint density at radius 1 is 1.19 bits per heavy atom. The summed E-state index contributed by atoms with van der Waals surface area (Å²) >= 11 is 0. The Morgan fingerprint density at radius 3 is 2.26 bits per heavy atom. The van der Waals surface area contributed by atoms with Gasteiger partial charge in [0, 0.05) is 26.2 Å². The van der Waals surface area contributed by atoms with Crippen molar-refractivity contribution in [2.45, 2.75) is 46.0 Å². The van der Waals surface area contributed by atoms with Crippen molar-refractivity contribution in [3.05, 3.63) is 17.8 Å².